The van der Waals surface area contributed by atoms with Gasteiger partial charge in [-0.3, -0.25) is 5.84 Å². The minimum Gasteiger partial charge on any atom is -0.496 e. The maximum absolute atomic E-state index is 11.3. The van der Waals surface area contributed by atoms with E-state index in [1.54, 1.807) is 0 Å². The van der Waals surface area contributed by atoms with Gasteiger partial charge in [0.1, 0.15) is 5.76 Å². The maximum Gasteiger partial charge on any atom is 0.150 e. The molecule has 1 saturated heterocycles. The average molecular weight is 232 g/mol. The predicted octanol–water partition coefficient (Wildman–Crippen LogP) is -0.443. The van der Waals surface area contributed by atoms with Crippen LogP contribution in [0.2, 0.25) is 0 Å². The van der Waals surface area contributed by atoms with E-state index in [1.165, 1.54) is 0 Å². The van der Waals surface area contributed by atoms with Crippen LogP contribution in [0.1, 0.15) is 12.8 Å². The molecule has 0 saturated carbocycles. The number of nitrogens with one attached hydrogen (secondary N) is 1. The molecule has 5 nitrogen and oxygen atoms in total. The summed E-state index contributed by atoms with van der Waals surface area (Å²) in [5, 5.41) is 0. The highest BCUT2D eigenvalue weighted by Crippen LogP contribution is 2.27. The third-order valence-electron chi connectivity index (χ3n) is 2.96. The van der Waals surface area contributed by atoms with E-state index in [0.717, 1.165) is 12.2 Å². The zero-order valence-corrected chi connectivity index (χ0v) is 9.29. The van der Waals surface area contributed by atoms with Crippen molar-refractivity contribution >= 4 is 9.84 Å². The molecule has 0 aromatic rings. The highest BCUT2D eigenvalue weighted by molar-refractivity contribution is 7.91. The van der Waals surface area contributed by atoms with Crippen molar-refractivity contribution in [2.24, 2.45) is 11.8 Å². The van der Waals surface area contributed by atoms with Crippen molar-refractivity contribution in [2.75, 3.05) is 18.1 Å². The van der Waals surface area contributed by atoms with Crippen molar-refractivity contribution in [3.8, 4) is 0 Å². The van der Waals surface area contributed by atoms with Gasteiger partial charge in [0.2, 0.25) is 0 Å². The molecule has 6 heteroatoms. The van der Waals surface area contributed by atoms with E-state index in [1.807, 2.05) is 6.08 Å². The highest BCUT2D eigenvalue weighted by Gasteiger charge is 2.36. The van der Waals surface area contributed by atoms with E-state index in [0.29, 0.717) is 13.0 Å². The third-order valence-corrected chi connectivity index (χ3v) is 4.75. The quantitative estimate of drug-likeness (QED) is 0.509. The first-order chi connectivity index (χ1) is 7.12. The molecule has 86 valence electrons. The SMILES string of the molecule is NNC(C1=CCCO1)C1CCS(=O)(=O)C1. The Hall–Kier alpha value is -0.590. The molecule has 0 spiro atoms. The van der Waals surface area contributed by atoms with Crippen LogP contribution in [0, 0.1) is 5.92 Å². The first kappa shape index (κ1) is 10.9. The Balaban J connectivity index is 2.08. The molecule has 2 aliphatic rings. The number of hydrogen-bond acceptors (Lipinski definition) is 5. The normalized spacial score (nSPS) is 31.0. The van der Waals surface area contributed by atoms with Crippen LogP contribution in [0.4, 0.5) is 0 Å². The van der Waals surface area contributed by atoms with Gasteiger partial charge in [0, 0.05) is 6.42 Å². The summed E-state index contributed by atoms with van der Waals surface area (Å²) in [6.45, 7) is 0.674. The molecular formula is C9H16N2O3S. The van der Waals surface area contributed by atoms with E-state index in [2.05, 4.69) is 5.43 Å². The van der Waals surface area contributed by atoms with Crippen molar-refractivity contribution in [3.05, 3.63) is 11.8 Å². The number of hydrogen-bond donors (Lipinski definition) is 2. The van der Waals surface area contributed by atoms with Crippen molar-refractivity contribution in [2.45, 2.75) is 18.9 Å². The summed E-state index contributed by atoms with van der Waals surface area (Å²) in [5.74, 6) is 6.78. The van der Waals surface area contributed by atoms with Crippen LogP contribution in [0.15, 0.2) is 11.8 Å². The zero-order chi connectivity index (χ0) is 10.9. The Bertz CT molecular complexity index is 364. The lowest BCUT2D eigenvalue weighted by Crippen LogP contribution is -2.43. The van der Waals surface area contributed by atoms with Gasteiger partial charge in [0.05, 0.1) is 24.2 Å². The van der Waals surface area contributed by atoms with Crippen LogP contribution in [-0.4, -0.2) is 32.6 Å². The monoisotopic (exact) mass is 232 g/mol. The average Bonchev–Trinajstić information content (AvgIpc) is 2.77. The second kappa shape index (κ2) is 4.11. The summed E-state index contributed by atoms with van der Waals surface area (Å²) in [6, 6.07) is -0.148. The van der Waals surface area contributed by atoms with Gasteiger partial charge in [-0.05, 0) is 18.4 Å². The first-order valence-corrected chi connectivity index (χ1v) is 6.94. The summed E-state index contributed by atoms with van der Waals surface area (Å²) in [6.07, 6.45) is 3.53. The van der Waals surface area contributed by atoms with Gasteiger partial charge in [-0.2, -0.15) is 0 Å². The molecule has 2 heterocycles. The number of hydrazine groups is 1. The summed E-state index contributed by atoms with van der Waals surface area (Å²) in [4.78, 5) is 0. The molecular weight excluding hydrogens is 216 g/mol. The molecule has 1 fully saturated rings. The van der Waals surface area contributed by atoms with Gasteiger partial charge < -0.3 is 4.74 Å². The summed E-state index contributed by atoms with van der Waals surface area (Å²) >= 11 is 0. The Kier molecular flexibility index (Phi) is 2.99. The lowest BCUT2D eigenvalue weighted by Gasteiger charge is -2.22. The number of rotatable bonds is 3. The minimum absolute atomic E-state index is 0.0457. The van der Waals surface area contributed by atoms with Crippen molar-refractivity contribution in [1.29, 1.82) is 0 Å². The molecule has 15 heavy (non-hydrogen) atoms. The van der Waals surface area contributed by atoms with Gasteiger partial charge in [-0.25, -0.2) is 13.8 Å². The topological polar surface area (TPSA) is 81.4 Å². The molecule has 2 atom stereocenters. The molecule has 0 bridgehead atoms. The molecule has 0 aliphatic carbocycles. The second-order valence-electron chi connectivity index (χ2n) is 4.05. The standard InChI is InChI=1S/C9H16N2O3S/c10-11-9(8-2-1-4-14-8)7-3-5-15(12,13)6-7/h2,7,9,11H,1,3-6,10H2. The Morgan fingerprint density at radius 3 is 2.87 bits per heavy atom. The van der Waals surface area contributed by atoms with E-state index >= 15 is 0 Å². The number of ether oxygens (including phenoxy) is 1. The lowest BCUT2D eigenvalue weighted by molar-refractivity contribution is 0.197. The fourth-order valence-corrected chi connectivity index (χ4v) is 4.03. The van der Waals surface area contributed by atoms with Crippen LogP contribution in [0.25, 0.3) is 0 Å². The van der Waals surface area contributed by atoms with Gasteiger partial charge >= 0.3 is 0 Å². The molecule has 3 N–H and O–H groups in total. The van der Waals surface area contributed by atoms with Crippen LogP contribution in [-0.2, 0) is 14.6 Å². The molecule has 2 rings (SSSR count). The van der Waals surface area contributed by atoms with Gasteiger partial charge in [-0.15, -0.1) is 0 Å². The minimum atomic E-state index is -2.86. The van der Waals surface area contributed by atoms with Gasteiger partial charge in [0.25, 0.3) is 0 Å². The third kappa shape index (κ3) is 2.32. The molecule has 0 aromatic heterocycles. The van der Waals surface area contributed by atoms with Crippen molar-refractivity contribution in [1.82, 2.24) is 5.43 Å². The largest absolute Gasteiger partial charge is 0.496 e. The van der Waals surface area contributed by atoms with E-state index in [9.17, 15) is 8.42 Å². The smallest absolute Gasteiger partial charge is 0.150 e. The van der Waals surface area contributed by atoms with Gasteiger partial charge in [-0.1, -0.05) is 0 Å². The first-order valence-electron chi connectivity index (χ1n) is 5.12. The predicted molar refractivity (Wildman–Crippen MR) is 56.5 cm³/mol. The fraction of sp³-hybridized carbons (Fsp3) is 0.778. The number of nitrogens with two attached hydrogens (primary N) is 1. The summed E-state index contributed by atoms with van der Waals surface area (Å²) < 4.78 is 28.1. The zero-order valence-electron chi connectivity index (χ0n) is 8.48. The molecule has 2 aliphatic heterocycles. The molecule has 0 amide bonds. The number of sulfone groups is 1. The second-order valence-corrected chi connectivity index (χ2v) is 6.28. The summed E-state index contributed by atoms with van der Waals surface area (Å²) in [5.41, 5.74) is 2.67. The van der Waals surface area contributed by atoms with Crippen LogP contribution in [0.3, 0.4) is 0 Å². The van der Waals surface area contributed by atoms with E-state index < -0.39 is 9.84 Å². The molecule has 0 radical (unpaired) electrons. The van der Waals surface area contributed by atoms with E-state index in [-0.39, 0.29) is 23.5 Å². The summed E-state index contributed by atoms with van der Waals surface area (Å²) in [7, 11) is -2.86. The molecule has 0 aromatic carbocycles. The Labute approximate surface area is 89.6 Å². The Morgan fingerprint density at radius 2 is 2.40 bits per heavy atom. The fourth-order valence-electron chi connectivity index (χ4n) is 2.19. The van der Waals surface area contributed by atoms with Crippen LogP contribution < -0.4 is 11.3 Å². The van der Waals surface area contributed by atoms with Crippen LogP contribution >= 0.6 is 0 Å². The Morgan fingerprint density at radius 1 is 1.60 bits per heavy atom. The van der Waals surface area contributed by atoms with E-state index in [4.69, 9.17) is 10.6 Å². The molecule has 2 unspecified atom stereocenters. The van der Waals surface area contributed by atoms with Crippen molar-refractivity contribution in [3.63, 3.8) is 0 Å². The van der Waals surface area contributed by atoms with Crippen LogP contribution in [0.5, 0.6) is 0 Å². The van der Waals surface area contributed by atoms with Gasteiger partial charge in [0.15, 0.2) is 9.84 Å². The highest BCUT2D eigenvalue weighted by atomic mass is 32.2. The van der Waals surface area contributed by atoms with Crippen molar-refractivity contribution < 1.29 is 13.2 Å². The maximum atomic E-state index is 11.3. The lowest BCUT2D eigenvalue weighted by atomic mass is 9.98.